The molecule has 0 N–H and O–H groups in total. The van der Waals surface area contributed by atoms with Gasteiger partial charge in [-0.25, -0.2) is 9.97 Å². The second kappa shape index (κ2) is 12.9. The van der Waals surface area contributed by atoms with Gasteiger partial charge in [0.1, 0.15) is 11.2 Å². The van der Waals surface area contributed by atoms with E-state index in [0.29, 0.717) is 5.82 Å². The van der Waals surface area contributed by atoms with Crippen LogP contribution < -0.4 is 0 Å². The average molecular weight is 677 g/mol. The van der Waals surface area contributed by atoms with E-state index in [1.807, 2.05) is 24.3 Å². The van der Waals surface area contributed by atoms with Gasteiger partial charge < -0.3 is 4.42 Å². The van der Waals surface area contributed by atoms with Crippen molar-refractivity contribution in [3.63, 3.8) is 0 Å². The fraction of sp³-hybridized carbons (Fsp3) is 0. The molecule has 248 valence electrons. The van der Waals surface area contributed by atoms with Crippen molar-refractivity contribution in [3.8, 4) is 67.3 Å². The van der Waals surface area contributed by atoms with Gasteiger partial charge in [0.25, 0.3) is 0 Å². The summed E-state index contributed by atoms with van der Waals surface area (Å²) in [6.07, 6.45) is 0. The Kier molecular flexibility index (Phi) is 7.47. The van der Waals surface area contributed by atoms with Crippen molar-refractivity contribution < 1.29 is 4.42 Å². The third kappa shape index (κ3) is 5.65. The van der Waals surface area contributed by atoms with Crippen LogP contribution in [0.25, 0.3) is 100.0 Å². The normalized spacial score (nSPS) is 11.4. The summed E-state index contributed by atoms with van der Waals surface area (Å²) in [7, 11) is 0. The van der Waals surface area contributed by atoms with Crippen molar-refractivity contribution in [2.75, 3.05) is 0 Å². The Labute approximate surface area is 307 Å². The molecule has 0 bridgehead atoms. The number of hydrogen-bond acceptors (Lipinski definition) is 3. The molecule has 0 fully saturated rings. The van der Waals surface area contributed by atoms with Gasteiger partial charge in [0, 0.05) is 27.5 Å². The second-order valence-electron chi connectivity index (χ2n) is 13.4. The van der Waals surface area contributed by atoms with E-state index in [0.717, 1.165) is 83.4 Å². The number of fused-ring (bicyclic) bond motifs is 5. The molecule has 2 aromatic heterocycles. The smallest absolute Gasteiger partial charge is 0.160 e. The van der Waals surface area contributed by atoms with Gasteiger partial charge in [0.05, 0.1) is 11.4 Å². The zero-order valence-electron chi connectivity index (χ0n) is 28.8. The summed E-state index contributed by atoms with van der Waals surface area (Å²) in [4.78, 5) is 10.4. The summed E-state index contributed by atoms with van der Waals surface area (Å²) >= 11 is 0. The van der Waals surface area contributed by atoms with Gasteiger partial charge in [-0.3, -0.25) is 0 Å². The molecule has 0 saturated heterocycles. The lowest BCUT2D eigenvalue weighted by molar-refractivity contribution is 0.669. The molecule has 0 atom stereocenters. The Morgan fingerprint density at radius 1 is 0.321 bits per heavy atom. The number of nitrogens with zero attached hydrogens (tertiary/aromatic N) is 2. The molecule has 3 heteroatoms. The minimum absolute atomic E-state index is 0.684. The molecule has 0 aliphatic carbocycles. The summed E-state index contributed by atoms with van der Waals surface area (Å²) in [5.41, 5.74) is 13.2. The van der Waals surface area contributed by atoms with Crippen molar-refractivity contribution in [1.82, 2.24) is 9.97 Å². The molecule has 10 aromatic rings. The monoisotopic (exact) mass is 676 g/mol. The summed E-state index contributed by atoms with van der Waals surface area (Å²) in [6, 6.07) is 68.0. The third-order valence-corrected chi connectivity index (χ3v) is 10.1. The lowest BCUT2D eigenvalue weighted by atomic mass is 9.93. The molecule has 53 heavy (non-hydrogen) atoms. The average Bonchev–Trinajstić information content (AvgIpc) is 3.63. The van der Waals surface area contributed by atoms with E-state index in [4.69, 9.17) is 14.4 Å². The first-order chi connectivity index (χ1) is 26.2. The minimum Gasteiger partial charge on any atom is -0.456 e. The molecule has 3 nitrogen and oxygen atoms in total. The highest BCUT2D eigenvalue weighted by Crippen LogP contribution is 2.40. The van der Waals surface area contributed by atoms with E-state index in [1.165, 1.54) is 10.8 Å². The quantitative estimate of drug-likeness (QED) is 0.176. The van der Waals surface area contributed by atoms with Crippen LogP contribution in [-0.2, 0) is 0 Å². The van der Waals surface area contributed by atoms with Gasteiger partial charge in [0.15, 0.2) is 5.82 Å². The highest BCUT2D eigenvalue weighted by atomic mass is 16.3. The molecule has 0 aliphatic heterocycles. The van der Waals surface area contributed by atoms with Gasteiger partial charge in [-0.05, 0) is 86.6 Å². The molecule has 2 heterocycles. The number of rotatable bonds is 6. The van der Waals surface area contributed by atoms with Crippen LogP contribution in [0.4, 0.5) is 0 Å². The highest BCUT2D eigenvalue weighted by Gasteiger charge is 2.17. The van der Waals surface area contributed by atoms with E-state index < -0.39 is 0 Å². The van der Waals surface area contributed by atoms with Crippen LogP contribution >= 0.6 is 0 Å². The standard InChI is InChI=1S/C50H32N2O/c1-4-14-33(15-5-1)38-28-39(37-24-26-44-48(31-37)53-47-27-25-35-18-10-11-22-42(35)49(44)47)30-40(29-38)45-32-46(52-50(51-45)36-19-8-3-9-20-36)43-23-13-12-21-41(43)34-16-6-2-7-17-34/h1-32H. The summed E-state index contributed by atoms with van der Waals surface area (Å²) in [5, 5.41) is 4.68. The van der Waals surface area contributed by atoms with Crippen molar-refractivity contribution in [1.29, 1.82) is 0 Å². The van der Waals surface area contributed by atoms with E-state index in [-0.39, 0.29) is 0 Å². The molecule has 0 amide bonds. The molecule has 0 spiro atoms. The van der Waals surface area contributed by atoms with E-state index in [1.54, 1.807) is 0 Å². The van der Waals surface area contributed by atoms with Crippen molar-refractivity contribution >= 4 is 32.7 Å². The zero-order chi connectivity index (χ0) is 35.1. The van der Waals surface area contributed by atoms with E-state index in [9.17, 15) is 0 Å². The Hall–Kier alpha value is -7.10. The van der Waals surface area contributed by atoms with Crippen LogP contribution in [0.5, 0.6) is 0 Å². The summed E-state index contributed by atoms with van der Waals surface area (Å²) < 4.78 is 6.51. The van der Waals surface area contributed by atoms with E-state index in [2.05, 4.69) is 170 Å². The Morgan fingerprint density at radius 2 is 0.925 bits per heavy atom. The fourth-order valence-electron chi connectivity index (χ4n) is 7.49. The Bertz CT molecular complexity index is 2930. The molecular formula is C50H32N2O. The van der Waals surface area contributed by atoms with E-state index >= 15 is 0 Å². The molecule has 8 aromatic carbocycles. The van der Waals surface area contributed by atoms with Crippen LogP contribution in [0.1, 0.15) is 0 Å². The van der Waals surface area contributed by atoms with Gasteiger partial charge in [-0.1, -0.05) is 152 Å². The minimum atomic E-state index is 0.684. The van der Waals surface area contributed by atoms with Crippen molar-refractivity contribution in [2.24, 2.45) is 0 Å². The second-order valence-corrected chi connectivity index (χ2v) is 13.4. The maximum atomic E-state index is 6.51. The first-order valence-corrected chi connectivity index (χ1v) is 17.9. The maximum Gasteiger partial charge on any atom is 0.160 e. The zero-order valence-corrected chi connectivity index (χ0v) is 28.8. The largest absolute Gasteiger partial charge is 0.456 e. The molecular weight excluding hydrogens is 645 g/mol. The predicted octanol–water partition coefficient (Wildman–Crippen LogP) is 13.5. The topological polar surface area (TPSA) is 38.9 Å². The van der Waals surface area contributed by atoms with Crippen molar-refractivity contribution in [3.05, 3.63) is 194 Å². The van der Waals surface area contributed by atoms with Crippen LogP contribution in [0.15, 0.2) is 199 Å². The molecule has 0 saturated carbocycles. The molecule has 0 radical (unpaired) electrons. The maximum absolute atomic E-state index is 6.51. The lowest BCUT2D eigenvalue weighted by Gasteiger charge is -2.15. The number of hydrogen-bond donors (Lipinski definition) is 0. The molecule has 10 rings (SSSR count). The summed E-state index contributed by atoms with van der Waals surface area (Å²) in [5.74, 6) is 0.684. The molecule has 0 unspecified atom stereocenters. The van der Waals surface area contributed by atoms with Crippen LogP contribution in [0, 0.1) is 0 Å². The highest BCUT2D eigenvalue weighted by molar-refractivity contribution is 6.19. The van der Waals surface area contributed by atoms with Gasteiger partial charge in [-0.15, -0.1) is 0 Å². The molecule has 0 aliphatic rings. The van der Waals surface area contributed by atoms with Crippen molar-refractivity contribution in [2.45, 2.75) is 0 Å². The third-order valence-electron chi connectivity index (χ3n) is 10.1. The Balaban J connectivity index is 1.18. The number of aromatic nitrogens is 2. The predicted molar refractivity (Wildman–Crippen MR) is 219 cm³/mol. The van der Waals surface area contributed by atoms with Gasteiger partial charge >= 0.3 is 0 Å². The SMILES string of the molecule is c1ccc(-c2cc(-c3ccc4c(c3)oc3ccc5ccccc5c34)cc(-c3cc(-c4ccccc4-c4ccccc4)nc(-c4ccccc4)n3)c2)cc1. The van der Waals surface area contributed by atoms with Crippen LogP contribution in [-0.4, -0.2) is 9.97 Å². The van der Waals surface area contributed by atoms with Crippen LogP contribution in [0.2, 0.25) is 0 Å². The number of benzene rings is 8. The Morgan fingerprint density at radius 3 is 1.70 bits per heavy atom. The van der Waals surface area contributed by atoms with Gasteiger partial charge in [-0.2, -0.15) is 0 Å². The lowest BCUT2D eigenvalue weighted by Crippen LogP contribution is -1.97. The fourth-order valence-corrected chi connectivity index (χ4v) is 7.49. The van der Waals surface area contributed by atoms with Crippen LogP contribution in [0.3, 0.4) is 0 Å². The number of furan rings is 1. The summed E-state index contributed by atoms with van der Waals surface area (Å²) in [6.45, 7) is 0. The van der Waals surface area contributed by atoms with Gasteiger partial charge in [0.2, 0.25) is 0 Å². The first kappa shape index (κ1) is 30.7. The first-order valence-electron chi connectivity index (χ1n) is 17.9.